The van der Waals surface area contributed by atoms with Crippen LogP contribution in [-0.2, 0) is 9.59 Å². The topological polar surface area (TPSA) is 84.2 Å². The quantitative estimate of drug-likeness (QED) is 0.692. The Bertz CT molecular complexity index is 493. The van der Waals surface area contributed by atoms with Gasteiger partial charge in [-0.15, -0.1) is 24.2 Å². The number of primary amides is 1. The summed E-state index contributed by atoms with van der Waals surface area (Å²) in [5.74, 6) is 0.403. The van der Waals surface area contributed by atoms with Crippen LogP contribution in [-0.4, -0.2) is 30.7 Å². The zero-order valence-corrected chi connectivity index (χ0v) is 13.3. The number of nitrogens with two attached hydrogens (primary N) is 1. The molecule has 0 radical (unpaired) electrons. The third-order valence-electron chi connectivity index (χ3n) is 3.18. The highest BCUT2D eigenvalue weighted by molar-refractivity contribution is 7.99. The first-order chi connectivity index (χ1) is 9.66. The first kappa shape index (κ1) is 17.8. The normalized spacial score (nSPS) is 17.0. The van der Waals surface area contributed by atoms with Crippen molar-refractivity contribution in [1.29, 1.82) is 0 Å². The number of halogens is 1. The largest absolute Gasteiger partial charge is 0.370 e. The lowest BCUT2D eigenvalue weighted by molar-refractivity contribution is -0.119. The van der Waals surface area contributed by atoms with Crippen LogP contribution in [0.4, 0.5) is 5.69 Å². The van der Waals surface area contributed by atoms with Crippen LogP contribution in [0.2, 0.25) is 0 Å². The van der Waals surface area contributed by atoms with Crippen molar-refractivity contribution in [2.45, 2.75) is 17.7 Å². The van der Waals surface area contributed by atoms with Gasteiger partial charge in [-0.2, -0.15) is 0 Å². The summed E-state index contributed by atoms with van der Waals surface area (Å²) in [6.07, 6.45) is 1.21. The van der Waals surface area contributed by atoms with Crippen LogP contribution in [0.15, 0.2) is 29.2 Å². The van der Waals surface area contributed by atoms with Gasteiger partial charge in [-0.1, -0.05) is 12.1 Å². The number of benzene rings is 1. The Hall–Kier alpha value is -1.24. The average molecular weight is 330 g/mol. The summed E-state index contributed by atoms with van der Waals surface area (Å²) in [6.45, 7) is 1.63. The Morgan fingerprint density at radius 2 is 2.14 bits per heavy atom. The summed E-state index contributed by atoms with van der Waals surface area (Å²) in [5, 5.41) is 6.16. The van der Waals surface area contributed by atoms with Gasteiger partial charge in [0.2, 0.25) is 11.8 Å². The molecular formula is C14H20ClN3O2S. The number of rotatable bonds is 6. The molecule has 1 fully saturated rings. The second-order valence-electron chi connectivity index (χ2n) is 4.74. The number of carbonyl (C=O) groups is 2. The van der Waals surface area contributed by atoms with Gasteiger partial charge >= 0.3 is 0 Å². The molecule has 5 nitrogen and oxygen atoms in total. The molecule has 0 aromatic heterocycles. The molecule has 2 rings (SSSR count). The van der Waals surface area contributed by atoms with Crippen LogP contribution >= 0.6 is 24.2 Å². The lowest BCUT2D eigenvalue weighted by Gasteiger charge is -2.13. The number of hydrogen-bond acceptors (Lipinski definition) is 4. The third kappa shape index (κ3) is 5.57. The van der Waals surface area contributed by atoms with Crippen LogP contribution in [0.1, 0.15) is 12.8 Å². The molecule has 0 saturated carbocycles. The summed E-state index contributed by atoms with van der Waals surface area (Å²) in [4.78, 5) is 23.8. The second-order valence-corrected chi connectivity index (χ2v) is 5.88. The van der Waals surface area contributed by atoms with E-state index in [0.29, 0.717) is 12.2 Å². The van der Waals surface area contributed by atoms with Gasteiger partial charge in [0.25, 0.3) is 0 Å². The molecule has 1 atom stereocenters. The molecule has 0 spiro atoms. The maximum absolute atomic E-state index is 12.1. The fraction of sp³-hybridized carbons (Fsp3) is 0.429. The van der Waals surface area contributed by atoms with Crippen molar-refractivity contribution in [3.8, 4) is 0 Å². The highest BCUT2D eigenvalue weighted by atomic mass is 35.5. The summed E-state index contributed by atoms with van der Waals surface area (Å²) in [6, 6.07) is 7.63. The van der Waals surface area contributed by atoms with Gasteiger partial charge in [-0.25, -0.2) is 0 Å². The Kier molecular flexibility index (Phi) is 7.56. The molecule has 0 bridgehead atoms. The van der Waals surface area contributed by atoms with Crippen molar-refractivity contribution < 1.29 is 9.59 Å². The molecule has 1 saturated heterocycles. The first-order valence-electron chi connectivity index (χ1n) is 6.68. The molecule has 1 aliphatic rings. The van der Waals surface area contributed by atoms with Gasteiger partial charge in [-0.3, -0.25) is 9.59 Å². The van der Waals surface area contributed by atoms with E-state index in [0.717, 1.165) is 30.1 Å². The average Bonchev–Trinajstić information content (AvgIpc) is 2.94. The Labute approximate surface area is 134 Å². The molecule has 21 heavy (non-hydrogen) atoms. The van der Waals surface area contributed by atoms with E-state index in [9.17, 15) is 9.59 Å². The number of anilines is 1. The minimum absolute atomic E-state index is 0. The molecular weight excluding hydrogens is 310 g/mol. The smallest absolute Gasteiger partial charge is 0.228 e. The van der Waals surface area contributed by atoms with Gasteiger partial charge in [0.15, 0.2) is 0 Å². The van der Waals surface area contributed by atoms with Crippen LogP contribution in [0, 0.1) is 5.92 Å². The van der Waals surface area contributed by atoms with E-state index < -0.39 is 0 Å². The van der Waals surface area contributed by atoms with Gasteiger partial charge in [0, 0.05) is 23.6 Å². The van der Waals surface area contributed by atoms with Crippen molar-refractivity contribution in [3.05, 3.63) is 24.3 Å². The molecule has 0 aliphatic carbocycles. The van der Waals surface area contributed by atoms with Crippen molar-refractivity contribution in [2.75, 3.05) is 24.2 Å². The third-order valence-corrected chi connectivity index (χ3v) is 4.26. The molecule has 1 heterocycles. The number of hydrogen-bond donors (Lipinski definition) is 3. The van der Waals surface area contributed by atoms with Gasteiger partial charge in [0.05, 0.1) is 11.6 Å². The minimum atomic E-state index is -0.309. The number of thioether (sulfide) groups is 1. The van der Waals surface area contributed by atoms with Gasteiger partial charge < -0.3 is 16.4 Å². The number of para-hydroxylation sites is 1. The lowest BCUT2D eigenvalue weighted by Crippen LogP contribution is -2.24. The molecule has 4 N–H and O–H groups in total. The van der Waals surface area contributed by atoms with Crippen molar-refractivity contribution >= 4 is 41.7 Å². The van der Waals surface area contributed by atoms with E-state index in [4.69, 9.17) is 5.73 Å². The predicted octanol–water partition coefficient (Wildman–Crippen LogP) is 1.62. The standard InChI is InChI=1S/C14H19N3O2S.ClH/c15-13(18)6-8-20-12-4-2-1-3-11(12)17-14(19)10-5-7-16-9-10;/h1-4,10,16H,5-9H2,(H2,15,18)(H,17,19);1H. The van der Waals surface area contributed by atoms with E-state index in [1.807, 2.05) is 24.3 Å². The Morgan fingerprint density at radius 3 is 2.81 bits per heavy atom. The zero-order valence-electron chi connectivity index (χ0n) is 11.6. The van der Waals surface area contributed by atoms with Crippen molar-refractivity contribution in [2.24, 2.45) is 11.7 Å². The van der Waals surface area contributed by atoms with E-state index in [2.05, 4.69) is 10.6 Å². The maximum atomic E-state index is 12.1. The number of amides is 2. The van der Waals surface area contributed by atoms with Crippen molar-refractivity contribution in [3.63, 3.8) is 0 Å². The zero-order chi connectivity index (χ0) is 14.4. The molecule has 1 aliphatic heterocycles. The minimum Gasteiger partial charge on any atom is -0.370 e. The van der Waals surface area contributed by atoms with Crippen LogP contribution < -0.4 is 16.4 Å². The predicted molar refractivity (Wildman–Crippen MR) is 87.8 cm³/mol. The van der Waals surface area contributed by atoms with E-state index in [-0.39, 0.29) is 30.1 Å². The van der Waals surface area contributed by atoms with Crippen LogP contribution in [0.5, 0.6) is 0 Å². The monoisotopic (exact) mass is 329 g/mol. The Morgan fingerprint density at radius 1 is 1.38 bits per heavy atom. The maximum Gasteiger partial charge on any atom is 0.228 e. The summed E-state index contributed by atoms with van der Waals surface area (Å²) < 4.78 is 0. The molecule has 1 unspecified atom stereocenters. The highest BCUT2D eigenvalue weighted by Crippen LogP contribution is 2.28. The molecule has 116 valence electrons. The molecule has 1 aromatic rings. The molecule has 7 heteroatoms. The van der Waals surface area contributed by atoms with E-state index in [1.54, 1.807) is 0 Å². The van der Waals surface area contributed by atoms with E-state index in [1.165, 1.54) is 11.8 Å². The van der Waals surface area contributed by atoms with Crippen LogP contribution in [0.25, 0.3) is 0 Å². The number of nitrogens with one attached hydrogen (secondary N) is 2. The lowest BCUT2D eigenvalue weighted by atomic mass is 10.1. The highest BCUT2D eigenvalue weighted by Gasteiger charge is 2.22. The van der Waals surface area contributed by atoms with Crippen LogP contribution in [0.3, 0.4) is 0 Å². The molecule has 1 aromatic carbocycles. The molecule has 2 amide bonds. The fourth-order valence-corrected chi connectivity index (χ4v) is 3.04. The number of carbonyl (C=O) groups excluding carboxylic acids is 2. The van der Waals surface area contributed by atoms with E-state index >= 15 is 0 Å². The summed E-state index contributed by atoms with van der Waals surface area (Å²) in [5.41, 5.74) is 5.93. The summed E-state index contributed by atoms with van der Waals surface area (Å²) in [7, 11) is 0. The Balaban J connectivity index is 0.00000220. The summed E-state index contributed by atoms with van der Waals surface area (Å²) >= 11 is 1.53. The second kappa shape index (κ2) is 8.92. The van der Waals surface area contributed by atoms with Crippen molar-refractivity contribution in [1.82, 2.24) is 5.32 Å². The SMILES string of the molecule is Cl.NC(=O)CCSc1ccccc1NC(=O)C1CCNC1. The van der Waals surface area contributed by atoms with Gasteiger partial charge in [-0.05, 0) is 25.1 Å². The fourth-order valence-electron chi connectivity index (χ4n) is 2.07. The van der Waals surface area contributed by atoms with Gasteiger partial charge in [0.1, 0.15) is 0 Å². The first-order valence-corrected chi connectivity index (χ1v) is 7.67.